The van der Waals surface area contributed by atoms with Crippen molar-refractivity contribution in [2.75, 3.05) is 13.7 Å². The van der Waals surface area contributed by atoms with Gasteiger partial charge in [0.05, 0.1) is 13.7 Å². The van der Waals surface area contributed by atoms with Gasteiger partial charge in [0.1, 0.15) is 22.5 Å². The van der Waals surface area contributed by atoms with Crippen LogP contribution >= 0.6 is 12.2 Å². The normalized spacial score (nSPS) is 17.9. The van der Waals surface area contributed by atoms with Crippen LogP contribution in [0.25, 0.3) is 0 Å². The zero-order valence-electron chi connectivity index (χ0n) is 12.2. The number of carbonyl (C=O) groups is 1. The molecule has 1 unspecified atom stereocenters. The summed E-state index contributed by atoms with van der Waals surface area (Å²) in [6.07, 6.45) is 0. The molecule has 0 bridgehead atoms. The number of hydrogen-bond acceptors (Lipinski definition) is 5. The Morgan fingerprint density at radius 2 is 2.00 bits per heavy atom. The lowest BCUT2D eigenvalue weighted by atomic mass is 10.0. The molecule has 1 aromatic carbocycles. The number of hydrogen-bond donors (Lipinski definition) is 2. The Hall–Kier alpha value is -2.08. The maximum atomic E-state index is 11.8. The smallest absolute Gasteiger partial charge is 0.355 e. The number of allylic oxidation sites excluding steroid dienone is 1. The van der Waals surface area contributed by atoms with Gasteiger partial charge in [-0.15, -0.1) is 0 Å². The Labute approximate surface area is 129 Å². The highest BCUT2D eigenvalue weighted by molar-refractivity contribution is 7.80. The molecule has 2 N–H and O–H groups in total. The van der Waals surface area contributed by atoms with Crippen LogP contribution < -0.4 is 15.4 Å². The molecule has 0 saturated carbocycles. The number of thiocarbonyl (C=S) groups is 1. The van der Waals surface area contributed by atoms with Crippen LogP contribution in [-0.2, 0) is 9.53 Å². The van der Waals surface area contributed by atoms with E-state index < -0.39 is 5.97 Å². The number of ether oxygens (including phenoxy) is 2. The van der Waals surface area contributed by atoms with Gasteiger partial charge in [-0.1, -0.05) is 24.4 Å². The van der Waals surface area contributed by atoms with Crippen LogP contribution in [0.3, 0.4) is 0 Å². The van der Waals surface area contributed by atoms with Crippen LogP contribution in [0, 0.1) is 0 Å². The van der Waals surface area contributed by atoms with Crippen molar-refractivity contribution in [3.8, 4) is 5.75 Å². The van der Waals surface area contributed by atoms with Crippen LogP contribution in [0.4, 0.5) is 0 Å². The topological polar surface area (TPSA) is 59.6 Å². The van der Waals surface area contributed by atoms with E-state index in [2.05, 4.69) is 10.6 Å². The van der Waals surface area contributed by atoms with Gasteiger partial charge in [-0.3, -0.25) is 0 Å². The summed E-state index contributed by atoms with van der Waals surface area (Å²) >= 11 is 5.35. The van der Waals surface area contributed by atoms with Crippen LogP contribution in [-0.4, -0.2) is 24.7 Å². The van der Waals surface area contributed by atoms with Crippen LogP contribution in [0.15, 0.2) is 35.7 Å². The van der Waals surface area contributed by atoms with E-state index >= 15 is 0 Å². The first-order chi connectivity index (χ1) is 10.1. The molecule has 0 amide bonds. The Morgan fingerprint density at radius 1 is 1.33 bits per heavy atom. The fourth-order valence-electron chi connectivity index (χ4n) is 2.11. The SMILES string of the molecule is CCOc1ccc(C2NC(C(=O)OC)=C(C)NC2=S)cc1. The molecule has 0 spiro atoms. The lowest BCUT2D eigenvalue weighted by molar-refractivity contribution is -0.136. The Morgan fingerprint density at radius 3 is 2.57 bits per heavy atom. The van der Waals surface area contributed by atoms with E-state index in [-0.39, 0.29) is 6.04 Å². The third-order valence-corrected chi connectivity index (χ3v) is 3.49. The molecule has 21 heavy (non-hydrogen) atoms. The van der Waals surface area contributed by atoms with Gasteiger partial charge in [-0.2, -0.15) is 0 Å². The predicted molar refractivity (Wildman–Crippen MR) is 83.9 cm³/mol. The third-order valence-electron chi connectivity index (χ3n) is 3.15. The Bertz CT molecular complexity index is 581. The summed E-state index contributed by atoms with van der Waals surface area (Å²) in [6.45, 7) is 4.33. The van der Waals surface area contributed by atoms with Crippen molar-refractivity contribution in [1.82, 2.24) is 10.6 Å². The van der Waals surface area contributed by atoms with Gasteiger partial charge in [-0.25, -0.2) is 4.79 Å². The summed E-state index contributed by atoms with van der Waals surface area (Å²) in [6, 6.07) is 7.34. The molecule has 0 aliphatic carbocycles. The van der Waals surface area contributed by atoms with E-state index in [1.165, 1.54) is 7.11 Å². The summed E-state index contributed by atoms with van der Waals surface area (Å²) in [4.78, 5) is 12.4. The van der Waals surface area contributed by atoms with Crippen molar-refractivity contribution < 1.29 is 14.3 Å². The Kier molecular flexibility index (Phi) is 4.80. The number of nitrogens with one attached hydrogen (secondary N) is 2. The molecule has 2 rings (SSSR count). The van der Waals surface area contributed by atoms with Crippen molar-refractivity contribution >= 4 is 23.2 Å². The summed E-state index contributed by atoms with van der Waals surface area (Å²) in [7, 11) is 1.35. The van der Waals surface area contributed by atoms with Gasteiger partial charge in [0.15, 0.2) is 0 Å². The van der Waals surface area contributed by atoms with Gasteiger partial charge in [0.25, 0.3) is 0 Å². The third kappa shape index (κ3) is 3.33. The Balaban J connectivity index is 2.23. The molecule has 6 heteroatoms. The second kappa shape index (κ2) is 6.58. The highest BCUT2D eigenvalue weighted by Gasteiger charge is 2.27. The van der Waals surface area contributed by atoms with Gasteiger partial charge in [-0.05, 0) is 31.5 Å². The van der Waals surface area contributed by atoms with Crippen molar-refractivity contribution in [2.24, 2.45) is 0 Å². The van der Waals surface area contributed by atoms with Crippen LogP contribution in [0.1, 0.15) is 25.5 Å². The minimum atomic E-state index is -0.418. The van der Waals surface area contributed by atoms with Crippen molar-refractivity contribution in [3.63, 3.8) is 0 Å². The van der Waals surface area contributed by atoms with Gasteiger partial charge >= 0.3 is 5.97 Å². The summed E-state index contributed by atoms with van der Waals surface area (Å²) in [5.41, 5.74) is 2.00. The second-order valence-corrected chi connectivity index (χ2v) is 5.00. The summed E-state index contributed by atoms with van der Waals surface area (Å²) in [5.74, 6) is 0.384. The molecule has 0 saturated heterocycles. The zero-order valence-corrected chi connectivity index (χ0v) is 13.0. The van der Waals surface area contributed by atoms with Crippen molar-refractivity contribution in [3.05, 3.63) is 41.2 Å². The first kappa shape index (κ1) is 15.3. The average Bonchev–Trinajstić information content (AvgIpc) is 2.48. The number of benzene rings is 1. The quantitative estimate of drug-likeness (QED) is 0.656. The van der Waals surface area contributed by atoms with Gasteiger partial charge < -0.3 is 20.1 Å². The van der Waals surface area contributed by atoms with Crippen molar-refractivity contribution in [1.29, 1.82) is 0 Å². The monoisotopic (exact) mass is 306 g/mol. The number of carbonyl (C=O) groups excluding carboxylic acids is 1. The standard InChI is InChI=1S/C15H18N2O3S/c1-4-20-11-7-5-10(6-8-11)13-14(21)16-9(2)12(17-13)15(18)19-3/h5-8,13,17H,4H2,1-3H3,(H,16,21). The summed E-state index contributed by atoms with van der Waals surface area (Å²) in [5, 5.41) is 6.18. The molecule has 1 aliphatic rings. The predicted octanol–water partition coefficient (Wildman–Crippen LogP) is 2.05. The minimum Gasteiger partial charge on any atom is -0.494 e. The van der Waals surface area contributed by atoms with Crippen LogP contribution in [0.2, 0.25) is 0 Å². The van der Waals surface area contributed by atoms with E-state index in [4.69, 9.17) is 21.7 Å². The lowest BCUT2D eigenvalue weighted by Crippen LogP contribution is -2.44. The van der Waals surface area contributed by atoms with E-state index in [9.17, 15) is 4.79 Å². The molecule has 0 fully saturated rings. The molecule has 0 aromatic heterocycles. The fraction of sp³-hybridized carbons (Fsp3) is 0.333. The number of esters is 1. The maximum Gasteiger partial charge on any atom is 0.355 e. The molecule has 1 aromatic rings. The minimum absolute atomic E-state index is 0.270. The molecule has 5 nitrogen and oxygen atoms in total. The summed E-state index contributed by atoms with van der Waals surface area (Å²) < 4.78 is 10.2. The highest BCUT2D eigenvalue weighted by Crippen LogP contribution is 2.23. The van der Waals surface area contributed by atoms with E-state index in [1.54, 1.807) is 6.92 Å². The van der Waals surface area contributed by atoms with Gasteiger partial charge in [0.2, 0.25) is 0 Å². The zero-order chi connectivity index (χ0) is 15.4. The van der Waals surface area contributed by atoms with E-state index in [0.717, 1.165) is 11.3 Å². The average molecular weight is 306 g/mol. The van der Waals surface area contributed by atoms with Gasteiger partial charge in [0, 0.05) is 5.70 Å². The highest BCUT2D eigenvalue weighted by atomic mass is 32.1. The molecule has 112 valence electrons. The molecular weight excluding hydrogens is 288 g/mol. The molecule has 1 heterocycles. The second-order valence-electron chi connectivity index (χ2n) is 4.56. The number of rotatable bonds is 4. The van der Waals surface area contributed by atoms with Crippen LogP contribution in [0.5, 0.6) is 5.75 Å². The first-order valence-electron chi connectivity index (χ1n) is 6.66. The first-order valence-corrected chi connectivity index (χ1v) is 7.07. The molecular formula is C15H18N2O3S. The molecule has 1 atom stereocenters. The molecule has 1 aliphatic heterocycles. The lowest BCUT2D eigenvalue weighted by Gasteiger charge is -2.29. The van der Waals surface area contributed by atoms with E-state index in [0.29, 0.717) is 23.0 Å². The largest absolute Gasteiger partial charge is 0.494 e. The van der Waals surface area contributed by atoms with E-state index in [1.807, 2.05) is 31.2 Å². The molecule has 0 radical (unpaired) electrons. The van der Waals surface area contributed by atoms with Crippen molar-refractivity contribution in [2.45, 2.75) is 19.9 Å². The maximum absolute atomic E-state index is 11.8. The fourth-order valence-corrected chi connectivity index (χ4v) is 2.46. The number of methoxy groups -OCH3 is 1.